The number of unbranched alkanes of at least 4 members (excludes halogenated alkanes) is 1. The Balaban J connectivity index is 2.69. The fourth-order valence-electron chi connectivity index (χ4n) is 1.27. The van der Waals surface area contributed by atoms with E-state index in [0.717, 1.165) is 36.3 Å². The smallest absolute Gasteiger partial charge is 0.126 e. The standard InChI is InChI=1S/C13H18O/c1-4-5-10-14-13-9-7-6-8-12(13)11(2)3/h6-9H,2,4-5,10H2,1,3H3. The zero-order valence-electron chi connectivity index (χ0n) is 9.05. The van der Waals surface area contributed by atoms with Crippen LogP contribution in [0.15, 0.2) is 30.8 Å². The first-order valence-electron chi connectivity index (χ1n) is 5.13. The van der Waals surface area contributed by atoms with Gasteiger partial charge in [-0.25, -0.2) is 0 Å². The number of rotatable bonds is 5. The van der Waals surface area contributed by atoms with Crippen LogP contribution in [-0.2, 0) is 0 Å². The first-order valence-corrected chi connectivity index (χ1v) is 5.13. The van der Waals surface area contributed by atoms with Crippen molar-refractivity contribution < 1.29 is 4.74 Å². The summed E-state index contributed by atoms with van der Waals surface area (Å²) in [5.74, 6) is 0.952. The summed E-state index contributed by atoms with van der Waals surface area (Å²) < 4.78 is 5.68. The Bertz CT molecular complexity index is 302. The van der Waals surface area contributed by atoms with Crippen LogP contribution in [0, 0.1) is 0 Å². The quantitative estimate of drug-likeness (QED) is 0.640. The second kappa shape index (κ2) is 5.48. The van der Waals surface area contributed by atoms with E-state index in [1.807, 2.05) is 31.2 Å². The summed E-state index contributed by atoms with van der Waals surface area (Å²) in [5.41, 5.74) is 2.17. The number of hydrogen-bond acceptors (Lipinski definition) is 1. The Kier molecular flexibility index (Phi) is 4.24. The van der Waals surface area contributed by atoms with Gasteiger partial charge >= 0.3 is 0 Å². The molecule has 0 saturated carbocycles. The van der Waals surface area contributed by atoms with E-state index in [1.54, 1.807) is 0 Å². The minimum absolute atomic E-state index is 0.792. The Morgan fingerprint density at radius 1 is 1.36 bits per heavy atom. The molecule has 0 N–H and O–H groups in total. The van der Waals surface area contributed by atoms with Crippen molar-refractivity contribution in [2.45, 2.75) is 26.7 Å². The highest BCUT2D eigenvalue weighted by molar-refractivity contribution is 5.66. The lowest BCUT2D eigenvalue weighted by Gasteiger charge is -2.10. The maximum atomic E-state index is 5.68. The lowest BCUT2D eigenvalue weighted by molar-refractivity contribution is 0.308. The van der Waals surface area contributed by atoms with Crippen LogP contribution in [0.3, 0.4) is 0 Å². The van der Waals surface area contributed by atoms with Gasteiger partial charge < -0.3 is 4.74 Å². The minimum Gasteiger partial charge on any atom is -0.493 e. The molecule has 0 atom stereocenters. The van der Waals surface area contributed by atoms with Gasteiger partial charge in [0.25, 0.3) is 0 Å². The average molecular weight is 190 g/mol. The molecule has 1 aromatic carbocycles. The summed E-state index contributed by atoms with van der Waals surface area (Å²) in [5, 5.41) is 0. The molecule has 0 radical (unpaired) electrons. The molecule has 0 unspecified atom stereocenters. The van der Waals surface area contributed by atoms with Crippen LogP contribution >= 0.6 is 0 Å². The van der Waals surface area contributed by atoms with Gasteiger partial charge in [-0.3, -0.25) is 0 Å². The molecule has 0 fully saturated rings. The molecule has 0 heterocycles. The van der Waals surface area contributed by atoms with Crippen molar-refractivity contribution in [3.05, 3.63) is 36.4 Å². The molecule has 76 valence electrons. The highest BCUT2D eigenvalue weighted by Gasteiger charge is 2.02. The fourth-order valence-corrected chi connectivity index (χ4v) is 1.27. The monoisotopic (exact) mass is 190 g/mol. The summed E-state index contributed by atoms with van der Waals surface area (Å²) in [6.07, 6.45) is 2.26. The summed E-state index contributed by atoms with van der Waals surface area (Å²) >= 11 is 0. The topological polar surface area (TPSA) is 9.23 Å². The van der Waals surface area contributed by atoms with Gasteiger partial charge in [0.05, 0.1) is 6.61 Å². The normalized spacial score (nSPS) is 9.86. The summed E-state index contributed by atoms with van der Waals surface area (Å²) in [7, 11) is 0. The maximum absolute atomic E-state index is 5.68. The van der Waals surface area contributed by atoms with Crippen LogP contribution in [0.2, 0.25) is 0 Å². The highest BCUT2D eigenvalue weighted by Crippen LogP contribution is 2.24. The van der Waals surface area contributed by atoms with E-state index < -0.39 is 0 Å². The molecule has 0 aliphatic carbocycles. The molecule has 1 rings (SSSR count). The molecule has 0 aliphatic heterocycles. The molecular formula is C13H18O. The Labute approximate surface area is 86.4 Å². The van der Waals surface area contributed by atoms with Crippen LogP contribution in [-0.4, -0.2) is 6.61 Å². The van der Waals surface area contributed by atoms with E-state index in [2.05, 4.69) is 13.5 Å². The number of allylic oxidation sites excluding steroid dienone is 1. The zero-order valence-corrected chi connectivity index (χ0v) is 9.05. The SMILES string of the molecule is C=C(C)c1ccccc1OCCCC. The van der Waals surface area contributed by atoms with E-state index in [4.69, 9.17) is 4.74 Å². The first-order chi connectivity index (χ1) is 6.75. The number of para-hydroxylation sites is 1. The molecule has 0 aliphatic rings. The van der Waals surface area contributed by atoms with Gasteiger partial charge in [-0.05, 0) is 25.0 Å². The molecule has 14 heavy (non-hydrogen) atoms. The van der Waals surface area contributed by atoms with Crippen molar-refractivity contribution in [2.75, 3.05) is 6.61 Å². The van der Waals surface area contributed by atoms with Gasteiger partial charge in [0.15, 0.2) is 0 Å². The van der Waals surface area contributed by atoms with Crippen molar-refractivity contribution >= 4 is 5.57 Å². The third-order valence-corrected chi connectivity index (χ3v) is 2.10. The highest BCUT2D eigenvalue weighted by atomic mass is 16.5. The predicted molar refractivity (Wildman–Crippen MR) is 61.6 cm³/mol. The lowest BCUT2D eigenvalue weighted by atomic mass is 10.1. The Morgan fingerprint density at radius 2 is 2.07 bits per heavy atom. The third-order valence-electron chi connectivity index (χ3n) is 2.10. The summed E-state index contributed by atoms with van der Waals surface area (Å²) in [6, 6.07) is 8.05. The molecule has 0 saturated heterocycles. The van der Waals surface area contributed by atoms with Crippen LogP contribution in [0.25, 0.3) is 5.57 Å². The lowest BCUT2D eigenvalue weighted by Crippen LogP contribution is -1.98. The second-order valence-corrected chi connectivity index (χ2v) is 3.48. The average Bonchev–Trinajstić information content (AvgIpc) is 2.19. The van der Waals surface area contributed by atoms with E-state index in [-0.39, 0.29) is 0 Å². The van der Waals surface area contributed by atoms with E-state index in [0.29, 0.717) is 0 Å². The largest absolute Gasteiger partial charge is 0.493 e. The number of ether oxygens (including phenoxy) is 1. The van der Waals surface area contributed by atoms with Gasteiger partial charge in [-0.15, -0.1) is 0 Å². The predicted octanol–water partition coefficient (Wildman–Crippen LogP) is 3.90. The van der Waals surface area contributed by atoms with Gasteiger partial charge in [-0.2, -0.15) is 0 Å². The van der Waals surface area contributed by atoms with Gasteiger partial charge in [0.1, 0.15) is 5.75 Å². The molecule has 0 aromatic heterocycles. The fraction of sp³-hybridized carbons (Fsp3) is 0.385. The Hall–Kier alpha value is -1.24. The van der Waals surface area contributed by atoms with Gasteiger partial charge in [-0.1, -0.05) is 38.1 Å². The van der Waals surface area contributed by atoms with Gasteiger partial charge in [0, 0.05) is 5.56 Å². The maximum Gasteiger partial charge on any atom is 0.126 e. The number of benzene rings is 1. The molecule has 1 aromatic rings. The van der Waals surface area contributed by atoms with E-state index in [9.17, 15) is 0 Å². The van der Waals surface area contributed by atoms with Crippen molar-refractivity contribution in [2.24, 2.45) is 0 Å². The summed E-state index contributed by atoms with van der Waals surface area (Å²) in [4.78, 5) is 0. The van der Waals surface area contributed by atoms with E-state index >= 15 is 0 Å². The molecule has 1 nitrogen and oxygen atoms in total. The molecule has 0 bridgehead atoms. The van der Waals surface area contributed by atoms with Crippen LogP contribution in [0.4, 0.5) is 0 Å². The third kappa shape index (κ3) is 2.91. The summed E-state index contributed by atoms with van der Waals surface area (Å²) in [6.45, 7) is 8.89. The zero-order chi connectivity index (χ0) is 10.4. The second-order valence-electron chi connectivity index (χ2n) is 3.48. The Morgan fingerprint density at radius 3 is 2.71 bits per heavy atom. The molecule has 1 heteroatoms. The van der Waals surface area contributed by atoms with Crippen LogP contribution < -0.4 is 4.74 Å². The van der Waals surface area contributed by atoms with E-state index in [1.165, 1.54) is 0 Å². The molecular weight excluding hydrogens is 172 g/mol. The van der Waals surface area contributed by atoms with Crippen molar-refractivity contribution in [1.29, 1.82) is 0 Å². The molecule has 0 amide bonds. The van der Waals surface area contributed by atoms with Crippen LogP contribution in [0.5, 0.6) is 5.75 Å². The van der Waals surface area contributed by atoms with Crippen molar-refractivity contribution in [3.63, 3.8) is 0 Å². The van der Waals surface area contributed by atoms with Crippen molar-refractivity contribution in [3.8, 4) is 5.75 Å². The number of hydrogen-bond donors (Lipinski definition) is 0. The van der Waals surface area contributed by atoms with Crippen molar-refractivity contribution in [1.82, 2.24) is 0 Å². The molecule has 0 spiro atoms. The van der Waals surface area contributed by atoms with Crippen LogP contribution in [0.1, 0.15) is 32.3 Å². The first kappa shape index (κ1) is 10.8. The minimum atomic E-state index is 0.792. The van der Waals surface area contributed by atoms with Gasteiger partial charge in [0.2, 0.25) is 0 Å².